The minimum absolute atomic E-state index is 0.309. The zero-order valence-electron chi connectivity index (χ0n) is 10.9. The predicted octanol–water partition coefficient (Wildman–Crippen LogP) is 2.22. The fraction of sp³-hybridized carbons (Fsp3) is 0.200. The molecule has 0 saturated carbocycles. The minimum Gasteiger partial charge on any atom is -0.480 e. The fourth-order valence-corrected chi connectivity index (χ4v) is 2.01. The maximum absolute atomic E-state index is 11.6. The topological polar surface area (TPSA) is 59.3 Å². The number of carbonyl (C=O) groups is 1. The monoisotopic (exact) mass is 257 g/mol. The summed E-state index contributed by atoms with van der Waals surface area (Å²) in [5.41, 5.74) is 3.76. The van der Waals surface area contributed by atoms with Crippen molar-refractivity contribution in [3.8, 4) is 11.1 Å². The molecule has 0 aliphatic carbocycles. The van der Waals surface area contributed by atoms with Gasteiger partial charge in [0.25, 0.3) is 5.56 Å². The van der Waals surface area contributed by atoms with Gasteiger partial charge in [-0.3, -0.25) is 9.59 Å². The van der Waals surface area contributed by atoms with Crippen LogP contribution in [0, 0.1) is 13.8 Å². The number of carboxylic acids is 1. The summed E-state index contributed by atoms with van der Waals surface area (Å²) in [5.74, 6) is -1.03. The molecular weight excluding hydrogens is 242 g/mol. The molecule has 2 aromatic rings. The maximum atomic E-state index is 11.6. The Morgan fingerprint density at radius 2 is 1.95 bits per heavy atom. The predicted molar refractivity (Wildman–Crippen MR) is 73.2 cm³/mol. The van der Waals surface area contributed by atoms with Gasteiger partial charge < -0.3 is 9.67 Å². The van der Waals surface area contributed by atoms with E-state index in [2.05, 4.69) is 0 Å². The molecule has 98 valence electrons. The van der Waals surface area contributed by atoms with Gasteiger partial charge in [0.05, 0.1) is 0 Å². The Labute approximate surface area is 110 Å². The number of pyridine rings is 1. The zero-order chi connectivity index (χ0) is 14.0. The van der Waals surface area contributed by atoms with E-state index in [1.807, 2.05) is 32.0 Å². The second-order valence-corrected chi connectivity index (χ2v) is 4.60. The lowest BCUT2D eigenvalue weighted by Crippen LogP contribution is -2.22. The van der Waals surface area contributed by atoms with Crippen LogP contribution in [0.4, 0.5) is 0 Å². The molecule has 1 heterocycles. The van der Waals surface area contributed by atoms with Gasteiger partial charge in [0, 0.05) is 12.3 Å². The number of aryl methyl sites for hydroxylation is 2. The Bertz CT molecular complexity index is 686. The molecule has 0 amide bonds. The second-order valence-electron chi connectivity index (χ2n) is 4.60. The van der Waals surface area contributed by atoms with E-state index in [1.54, 1.807) is 12.3 Å². The molecule has 1 aromatic carbocycles. The van der Waals surface area contributed by atoms with E-state index in [9.17, 15) is 9.59 Å². The van der Waals surface area contributed by atoms with Gasteiger partial charge in [-0.15, -0.1) is 0 Å². The zero-order valence-corrected chi connectivity index (χ0v) is 10.9. The number of aliphatic carboxylic acids is 1. The van der Waals surface area contributed by atoms with E-state index in [0.29, 0.717) is 0 Å². The molecule has 4 heteroatoms. The minimum atomic E-state index is -1.03. The molecule has 0 radical (unpaired) electrons. The van der Waals surface area contributed by atoms with Crippen molar-refractivity contribution < 1.29 is 9.90 Å². The summed E-state index contributed by atoms with van der Waals surface area (Å²) in [6, 6.07) is 9.19. The second kappa shape index (κ2) is 5.10. The summed E-state index contributed by atoms with van der Waals surface area (Å²) in [7, 11) is 0. The highest BCUT2D eigenvalue weighted by molar-refractivity contribution is 5.69. The Morgan fingerprint density at radius 3 is 2.63 bits per heavy atom. The van der Waals surface area contributed by atoms with Crippen LogP contribution in [0.3, 0.4) is 0 Å². The highest BCUT2D eigenvalue weighted by atomic mass is 16.4. The van der Waals surface area contributed by atoms with Crippen molar-refractivity contribution in [2.45, 2.75) is 20.4 Å². The van der Waals surface area contributed by atoms with Crippen molar-refractivity contribution in [2.75, 3.05) is 0 Å². The molecule has 1 N–H and O–H groups in total. The molecule has 0 spiro atoms. The van der Waals surface area contributed by atoms with Crippen molar-refractivity contribution in [1.82, 2.24) is 4.57 Å². The first kappa shape index (κ1) is 13.1. The van der Waals surface area contributed by atoms with Crippen molar-refractivity contribution in [3.63, 3.8) is 0 Å². The van der Waals surface area contributed by atoms with Crippen molar-refractivity contribution in [1.29, 1.82) is 0 Å². The van der Waals surface area contributed by atoms with E-state index >= 15 is 0 Å². The molecule has 1 aromatic heterocycles. The van der Waals surface area contributed by atoms with Crippen molar-refractivity contribution >= 4 is 5.97 Å². The third kappa shape index (κ3) is 2.91. The van der Waals surface area contributed by atoms with Gasteiger partial charge in [-0.05, 0) is 36.6 Å². The normalized spacial score (nSPS) is 10.4. The first-order chi connectivity index (χ1) is 8.97. The molecule has 0 atom stereocenters. The largest absolute Gasteiger partial charge is 0.480 e. The van der Waals surface area contributed by atoms with Gasteiger partial charge in [0.1, 0.15) is 6.54 Å². The third-order valence-electron chi connectivity index (χ3n) is 2.99. The van der Waals surface area contributed by atoms with Crippen LogP contribution in [-0.4, -0.2) is 15.6 Å². The van der Waals surface area contributed by atoms with Crippen LogP contribution < -0.4 is 5.56 Å². The number of nitrogens with zero attached hydrogens (tertiary/aromatic N) is 1. The van der Waals surface area contributed by atoms with Gasteiger partial charge in [-0.2, -0.15) is 0 Å². The Hall–Kier alpha value is -2.36. The van der Waals surface area contributed by atoms with Crippen LogP contribution in [0.1, 0.15) is 11.1 Å². The van der Waals surface area contributed by atoms with E-state index < -0.39 is 5.97 Å². The number of aromatic nitrogens is 1. The molecule has 0 fully saturated rings. The first-order valence-corrected chi connectivity index (χ1v) is 5.97. The molecule has 0 aliphatic rings. The third-order valence-corrected chi connectivity index (χ3v) is 2.99. The number of hydrogen-bond donors (Lipinski definition) is 1. The van der Waals surface area contributed by atoms with Crippen LogP contribution in [0.25, 0.3) is 11.1 Å². The summed E-state index contributed by atoms with van der Waals surface area (Å²) in [5, 5.41) is 8.79. The average molecular weight is 257 g/mol. The first-order valence-electron chi connectivity index (χ1n) is 5.97. The summed E-state index contributed by atoms with van der Waals surface area (Å²) >= 11 is 0. The summed E-state index contributed by atoms with van der Waals surface area (Å²) < 4.78 is 1.21. The van der Waals surface area contributed by atoms with E-state index in [1.165, 1.54) is 10.6 Å². The van der Waals surface area contributed by atoms with Crippen molar-refractivity contribution in [3.05, 3.63) is 58.0 Å². The number of carboxylic acid groups (broad SMARTS) is 1. The van der Waals surface area contributed by atoms with E-state index in [0.717, 1.165) is 22.3 Å². The van der Waals surface area contributed by atoms with Crippen LogP contribution in [0.5, 0.6) is 0 Å². The quantitative estimate of drug-likeness (QED) is 0.917. The molecule has 0 aliphatic heterocycles. The van der Waals surface area contributed by atoms with Crippen LogP contribution >= 0.6 is 0 Å². The smallest absolute Gasteiger partial charge is 0.323 e. The van der Waals surface area contributed by atoms with Gasteiger partial charge in [0.15, 0.2) is 0 Å². The Kier molecular flexibility index (Phi) is 3.51. The van der Waals surface area contributed by atoms with E-state index in [-0.39, 0.29) is 12.1 Å². The molecule has 0 saturated heterocycles. The highest BCUT2D eigenvalue weighted by Gasteiger charge is 2.07. The molecule has 19 heavy (non-hydrogen) atoms. The Morgan fingerprint density at radius 1 is 1.21 bits per heavy atom. The van der Waals surface area contributed by atoms with Gasteiger partial charge in [-0.1, -0.05) is 23.8 Å². The summed E-state index contributed by atoms with van der Waals surface area (Å²) in [4.78, 5) is 22.3. The van der Waals surface area contributed by atoms with Gasteiger partial charge >= 0.3 is 5.97 Å². The summed E-state index contributed by atoms with van der Waals surface area (Å²) in [6.07, 6.45) is 1.60. The van der Waals surface area contributed by atoms with E-state index in [4.69, 9.17) is 5.11 Å². The van der Waals surface area contributed by atoms with Crippen LogP contribution in [0.2, 0.25) is 0 Å². The average Bonchev–Trinajstić information content (AvgIpc) is 2.34. The molecular formula is C15H15NO3. The van der Waals surface area contributed by atoms with Gasteiger partial charge in [-0.25, -0.2) is 0 Å². The molecule has 2 rings (SSSR count). The Balaban J connectivity index is 2.54. The van der Waals surface area contributed by atoms with Crippen LogP contribution in [0.15, 0.2) is 41.3 Å². The highest BCUT2D eigenvalue weighted by Crippen LogP contribution is 2.23. The lowest BCUT2D eigenvalue weighted by atomic mass is 10.00. The fourth-order valence-electron chi connectivity index (χ4n) is 2.01. The van der Waals surface area contributed by atoms with Gasteiger partial charge in [0.2, 0.25) is 0 Å². The standard InChI is InChI=1S/C15H15NO3/c1-10-3-4-11(2)13(7-10)12-5-6-14(17)16(8-12)9-15(18)19/h3-8H,9H2,1-2H3,(H,18,19). The number of hydrogen-bond acceptors (Lipinski definition) is 2. The molecule has 4 nitrogen and oxygen atoms in total. The molecule has 0 unspecified atom stereocenters. The lowest BCUT2D eigenvalue weighted by molar-refractivity contribution is -0.137. The molecule has 0 bridgehead atoms. The number of rotatable bonds is 3. The van der Waals surface area contributed by atoms with Crippen molar-refractivity contribution in [2.24, 2.45) is 0 Å². The SMILES string of the molecule is Cc1ccc(C)c(-c2ccc(=O)n(CC(=O)O)c2)c1. The number of benzene rings is 1. The van der Waals surface area contributed by atoms with Crippen LogP contribution in [-0.2, 0) is 11.3 Å². The summed E-state index contributed by atoms with van der Waals surface area (Å²) in [6.45, 7) is 3.66. The lowest BCUT2D eigenvalue weighted by Gasteiger charge is -2.09. The maximum Gasteiger partial charge on any atom is 0.323 e.